The molecule has 17 heavy (non-hydrogen) atoms. The Morgan fingerprint density at radius 2 is 2.18 bits per heavy atom. The van der Waals surface area contributed by atoms with Crippen LogP contribution in [0.2, 0.25) is 0 Å². The largest absolute Gasteiger partial charge is 0.353 e. The molecule has 0 spiro atoms. The molecule has 0 aliphatic heterocycles. The first kappa shape index (κ1) is 14.2. The van der Waals surface area contributed by atoms with Crippen LogP contribution in [0.15, 0.2) is 12.7 Å². The average molecular weight is 259 g/mol. The molecule has 5 heteroatoms. The SMILES string of the molecule is C=CCCC(=O)N[C@H]1CCC[C@H](S(C)(=O)=O)C1. The van der Waals surface area contributed by atoms with Crippen molar-refractivity contribution in [2.45, 2.75) is 49.8 Å². The van der Waals surface area contributed by atoms with Crippen molar-refractivity contribution in [3.8, 4) is 0 Å². The Kier molecular flexibility index (Phi) is 5.18. The Morgan fingerprint density at radius 3 is 2.76 bits per heavy atom. The van der Waals surface area contributed by atoms with Gasteiger partial charge in [-0.15, -0.1) is 6.58 Å². The van der Waals surface area contributed by atoms with Crippen LogP contribution < -0.4 is 5.32 Å². The number of hydrogen-bond donors (Lipinski definition) is 1. The van der Waals surface area contributed by atoms with Crippen LogP contribution in [0.25, 0.3) is 0 Å². The lowest BCUT2D eigenvalue weighted by atomic mass is 9.95. The van der Waals surface area contributed by atoms with Gasteiger partial charge >= 0.3 is 0 Å². The monoisotopic (exact) mass is 259 g/mol. The van der Waals surface area contributed by atoms with Gasteiger partial charge in [-0.05, 0) is 25.7 Å². The van der Waals surface area contributed by atoms with E-state index in [0.717, 1.165) is 19.3 Å². The lowest BCUT2D eigenvalue weighted by Crippen LogP contribution is -2.41. The fourth-order valence-electron chi connectivity index (χ4n) is 2.20. The van der Waals surface area contributed by atoms with Gasteiger partial charge in [0.25, 0.3) is 0 Å². The molecule has 0 aromatic carbocycles. The second-order valence-corrected chi connectivity index (χ2v) is 7.04. The standard InChI is InChI=1S/C12H21NO3S/c1-3-4-8-12(14)13-10-6-5-7-11(9-10)17(2,15)16/h3,10-11H,1,4-9H2,2H3,(H,13,14)/t10-,11-/m0/s1. The van der Waals surface area contributed by atoms with Crippen molar-refractivity contribution >= 4 is 15.7 Å². The summed E-state index contributed by atoms with van der Waals surface area (Å²) in [5.41, 5.74) is 0. The number of rotatable bonds is 5. The molecule has 0 unspecified atom stereocenters. The van der Waals surface area contributed by atoms with Crippen molar-refractivity contribution in [3.63, 3.8) is 0 Å². The van der Waals surface area contributed by atoms with Crippen molar-refractivity contribution in [2.75, 3.05) is 6.26 Å². The number of carbonyl (C=O) groups is 1. The summed E-state index contributed by atoms with van der Waals surface area (Å²) in [7, 11) is -2.98. The van der Waals surface area contributed by atoms with Crippen LogP contribution in [0.5, 0.6) is 0 Å². The third kappa shape index (κ3) is 4.89. The molecular formula is C12H21NO3S. The Bertz CT molecular complexity index is 375. The molecule has 0 bridgehead atoms. The molecule has 1 aliphatic rings. The summed E-state index contributed by atoms with van der Waals surface area (Å²) in [4.78, 5) is 11.5. The quantitative estimate of drug-likeness (QED) is 0.760. The van der Waals surface area contributed by atoms with E-state index in [4.69, 9.17) is 0 Å². The zero-order chi connectivity index (χ0) is 12.9. The molecule has 2 atom stereocenters. The first-order valence-electron chi connectivity index (χ1n) is 6.02. The summed E-state index contributed by atoms with van der Waals surface area (Å²) in [5.74, 6) is -0.0101. The smallest absolute Gasteiger partial charge is 0.220 e. The molecule has 1 saturated carbocycles. The van der Waals surface area contributed by atoms with Crippen LogP contribution in [-0.2, 0) is 14.6 Å². The van der Waals surface area contributed by atoms with E-state index >= 15 is 0 Å². The number of sulfone groups is 1. The van der Waals surface area contributed by atoms with Crippen molar-refractivity contribution in [1.29, 1.82) is 0 Å². The first-order valence-corrected chi connectivity index (χ1v) is 7.98. The minimum atomic E-state index is -2.98. The molecule has 0 radical (unpaired) electrons. The Balaban J connectivity index is 2.45. The van der Waals surface area contributed by atoms with E-state index in [1.807, 2.05) is 0 Å². The molecule has 1 fully saturated rings. The predicted molar refractivity (Wildman–Crippen MR) is 68.5 cm³/mol. The van der Waals surface area contributed by atoms with Gasteiger partial charge in [0.1, 0.15) is 9.84 Å². The minimum Gasteiger partial charge on any atom is -0.353 e. The van der Waals surface area contributed by atoms with Crippen molar-refractivity contribution in [2.24, 2.45) is 0 Å². The van der Waals surface area contributed by atoms with Crippen LogP contribution in [0.4, 0.5) is 0 Å². The molecule has 1 N–H and O–H groups in total. The minimum absolute atomic E-state index is 0.0101. The second kappa shape index (κ2) is 6.19. The van der Waals surface area contributed by atoms with Gasteiger partial charge in [0.05, 0.1) is 5.25 Å². The van der Waals surface area contributed by atoms with Crippen molar-refractivity contribution < 1.29 is 13.2 Å². The van der Waals surface area contributed by atoms with Gasteiger partial charge in [0.15, 0.2) is 0 Å². The first-order chi connectivity index (χ1) is 7.93. The van der Waals surface area contributed by atoms with Gasteiger partial charge in [0, 0.05) is 18.7 Å². The molecule has 0 saturated heterocycles. The number of amides is 1. The highest BCUT2D eigenvalue weighted by Gasteiger charge is 2.29. The highest BCUT2D eigenvalue weighted by Crippen LogP contribution is 2.23. The zero-order valence-electron chi connectivity index (χ0n) is 10.3. The number of allylic oxidation sites excluding steroid dienone is 1. The number of hydrogen-bond acceptors (Lipinski definition) is 3. The summed E-state index contributed by atoms with van der Waals surface area (Å²) in [5, 5.41) is 2.61. The fourth-order valence-corrected chi connectivity index (χ4v) is 3.37. The van der Waals surface area contributed by atoms with Crippen molar-refractivity contribution in [3.05, 3.63) is 12.7 Å². The zero-order valence-corrected chi connectivity index (χ0v) is 11.1. The van der Waals surface area contributed by atoms with Gasteiger partial charge in [-0.25, -0.2) is 8.42 Å². The summed E-state index contributed by atoms with van der Waals surface area (Å²) in [6.45, 7) is 3.56. The molecule has 0 heterocycles. The van der Waals surface area contributed by atoms with Gasteiger partial charge < -0.3 is 5.32 Å². The van der Waals surface area contributed by atoms with E-state index in [9.17, 15) is 13.2 Å². The van der Waals surface area contributed by atoms with Crippen LogP contribution in [0, 0.1) is 0 Å². The summed E-state index contributed by atoms with van der Waals surface area (Å²) < 4.78 is 22.9. The number of carbonyl (C=O) groups excluding carboxylic acids is 1. The van der Waals surface area contributed by atoms with Crippen LogP contribution in [0.3, 0.4) is 0 Å². The Hall–Kier alpha value is -0.840. The van der Waals surface area contributed by atoms with E-state index in [2.05, 4.69) is 11.9 Å². The Morgan fingerprint density at radius 1 is 1.47 bits per heavy atom. The highest BCUT2D eigenvalue weighted by atomic mass is 32.2. The topological polar surface area (TPSA) is 63.2 Å². The van der Waals surface area contributed by atoms with E-state index in [1.54, 1.807) is 6.08 Å². The van der Waals surface area contributed by atoms with E-state index < -0.39 is 9.84 Å². The third-order valence-corrected chi connectivity index (χ3v) is 4.81. The van der Waals surface area contributed by atoms with Gasteiger partial charge in [-0.3, -0.25) is 4.79 Å². The highest BCUT2D eigenvalue weighted by molar-refractivity contribution is 7.91. The van der Waals surface area contributed by atoms with Gasteiger partial charge in [0.2, 0.25) is 5.91 Å². The normalized spacial score (nSPS) is 25.2. The molecule has 0 aromatic rings. The van der Waals surface area contributed by atoms with Crippen molar-refractivity contribution in [1.82, 2.24) is 5.32 Å². The second-order valence-electron chi connectivity index (χ2n) is 4.71. The molecule has 1 amide bonds. The Labute approximate surface area is 103 Å². The number of nitrogens with one attached hydrogen (secondary N) is 1. The maximum atomic E-state index is 11.5. The molecule has 0 aromatic heterocycles. The van der Waals surface area contributed by atoms with E-state index in [0.29, 0.717) is 19.3 Å². The predicted octanol–water partition coefficient (Wildman–Crippen LogP) is 1.42. The third-order valence-electron chi connectivity index (χ3n) is 3.17. The van der Waals surface area contributed by atoms with Crippen LogP contribution in [0.1, 0.15) is 38.5 Å². The van der Waals surface area contributed by atoms with Gasteiger partial charge in [-0.2, -0.15) is 0 Å². The summed E-state index contributed by atoms with van der Waals surface area (Å²) in [6, 6.07) is 0.0146. The molecule has 98 valence electrons. The van der Waals surface area contributed by atoms with Crippen LogP contribution in [-0.4, -0.2) is 31.9 Å². The van der Waals surface area contributed by atoms with E-state index in [1.165, 1.54) is 6.26 Å². The molecule has 1 aliphatic carbocycles. The lowest BCUT2D eigenvalue weighted by Gasteiger charge is -2.28. The van der Waals surface area contributed by atoms with E-state index in [-0.39, 0.29) is 17.2 Å². The lowest BCUT2D eigenvalue weighted by molar-refractivity contribution is -0.121. The van der Waals surface area contributed by atoms with Gasteiger partial charge in [-0.1, -0.05) is 12.5 Å². The summed E-state index contributed by atoms with van der Waals surface area (Å²) in [6.07, 6.45) is 7.10. The fraction of sp³-hybridized carbons (Fsp3) is 0.750. The maximum Gasteiger partial charge on any atom is 0.220 e. The maximum absolute atomic E-state index is 11.5. The molecular weight excluding hydrogens is 238 g/mol. The summed E-state index contributed by atoms with van der Waals surface area (Å²) >= 11 is 0. The molecule has 4 nitrogen and oxygen atoms in total. The molecule has 1 rings (SSSR count). The van der Waals surface area contributed by atoms with Crippen LogP contribution >= 0.6 is 0 Å². The average Bonchev–Trinajstić information content (AvgIpc) is 2.25.